The van der Waals surface area contributed by atoms with E-state index in [-0.39, 0.29) is 0 Å². The van der Waals surface area contributed by atoms with Crippen LogP contribution in [0, 0.1) is 0 Å². The van der Waals surface area contributed by atoms with Gasteiger partial charge in [-0.25, -0.2) is 0 Å². The average molecular weight is 249 g/mol. The molecular formula is C12H10O2PS-. The van der Waals surface area contributed by atoms with Gasteiger partial charge in [0.05, 0.1) is 6.49 Å². The molecule has 2 aromatic carbocycles. The van der Waals surface area contributed by atoms with Crippen molar-refractivity contribution in [2.45, 2.75) is 0 Å². The fraction of sp³-hybridized carbons (Fsp3) is 0. The molecule has 0 bridgehead atoms. The van der Waals surface area contributed by atoms with E-state index in [9.17, 15) is 4.89 Å². The van der Waals surface area contributed by atoms with Crippen LogP contribution in [-0.2, 0) is 11.8 Å². The van der Waals surface area contributed by atoms with Gasteiger partial charge in [0, 0.05) is 5.30 Å². The SMILES string of the molecule is [O-]P(=S)(Oc1ccccc1)c1ccccc1. The summed E-state index contributed by atoms with van der Waals surface area (Å²) in [5.41, 5.74) is 0. The van der Waals surface area contributed by atoms with Crippen molar-refractivity contribution in [1.82, 2.24) is 0 Å². The zero-order valence-electron chi connectivity index (χ0n) is 8.45. The van der Waals surface area contributed by atoms with Crippen molar-refractivity contribution < 1.29 is 9.42 Å². The van der Waals surface area contributed by atoms with Crippen LogP contribution in [0.1, 0.15) is 0 Å². The van der Waals surface area contributed by atoms with Gasteiger partial charge in [0.25, 0.3) is 0 Å². The van der Waals surface area contributed by atoms with Gasteiger partial charge in [0.2, 0.25) is 0 Å². The van der Waals surface area contributed by atoms with Crippen molar-refractivity contribution in [3.63, 3.8) is 0 Å². The fourth-order valence-electron chi connectivity index (χ4n) is 1.28. The fourth-order valence-corrected chi connectivity index (χ4v) is 2.95. The van der Waals surface area contributed by atoms with Crippen molar-refractivity contribution in [3.8, 4) is 5.75 Å². The molecule has 0 saturated heterocycles. The minimum atomic E-state index is -3.18. The molecule has 0 heterocycles. The summed E-state index contributed by atoms with van der Waals surface area (Å²) in [6, 6.07) is 17.8. The van der Waals surface area contributed by atoms with Crippen LogP contribution in [0.4, 0.5) is 0 Å². The third-order valence-electron chi connectivity index (χ3n) is 2.04. The van der Waals surface area contributed by atoms with Crippen molar-refractivity contribution in [3.05, 3.63) is 60.7 Å². The van der Waals surface area contributed by atoms with Crippen LogP contribution in [0.5, 0.6) is 5.75 Å². The Labute approximate surface area is 99.7 Å². The van der Waals surface area contributed by atoms with E-state index < -0.39 is 6.49 Å². The lowest BCUT2D eigenvalue weighted by Crippen LogP contribution is -2.19. The summed E-state index contributed by atoms with van der Waals surface area (Å²) >= 11 is 5.03. The first kappa shape index (κ1) is 11.3. The monoisotopic (exact) mass is 249 g/mol. The summed E-state index contributed by atoms with van der Waals surface area (Å²) in [6.45, 7) is -3.18. The molecule has 0 fully saturated rings. The predicted octanol–water partition coefficient (Wildman–Crippen LogP) is 2.06. The highest BCUT2D eigenvalue weighted by atomic mass is 32.5. The number of rotatable bonds is 3. The number of benzene rings is 2. The highest BCUT2D eigenvalue weighted by Crippen LogP contribution is 2.37. The Morgan fingerprint density at radius 1 is 0.875 bits per heavy atom. The molecule has 0 saturated carbocycles. The Kier molecular flexibility index (Phi) is 3.39. The second-order valence-corrected chi connectivity index (χ2v) is 6.37. The Balaban J connectivity index is 2.25. The van der Waals surface area contributed by atoms with Gasteiger partial charge in [-0.1, -0.05) is 60.3 Å². The maximum Gasteiger partial charge on any atom is 0.123 e. The van der Waals surface area contributed by atoms with Crippen LogP contribution in [0.15, 0.2) is 60.7 Å². The van der Waals surface area contributed by atoms with E-state index in [0.717, 1.165) is 0 Å². The standard InChI is InChI=1S/C12H11O2PS/c13-15(16,12-9-5-2-6-10-12)14-11-7-3-1-4-8-11/h1-10H,(H,13,16)/p-1. The molecule has 1 atom stereocenters. The lowest BCUT2D eigenvalue weighted by molar-refractivity contribution is -0.171. The second kappa shape index (κ2) is 4.79. The molecule has 2 rings (SSSR count). The lowest BCUT2D eigenvalue weighted by Gasteiger charge is -2.28. The van der Waals surface area contributed by atoms with E-state index in [4.69, 9.17) is 16.3 Å². The number of hydrogen-bond acceptors (Lipinski definition) is 3. The largest absolute Gasteiger partial charge is 0.788 e. The van der Waals surface area contributed by atoms with Gasteiger partial charge in [-0.15, -0.1) is 0 Å². The van der Waals surface area contributed by atoms with Crippen LogP contribution < -0.4 is 14.7 Å². The zero-order valence-corrected chi connectivity index (χ0v) is 10.2. The van der Waals surface area contributed by atoms with Crippen LogP contribution >= 0.6 is 6.49 Å². The summed E-state index contributed by atoms with van der Waals surface area (Å²) in [5, 5.41) is 0.550. The number of hydrogen-bond donors (Lipinski definition) is 0. The van der Waals surface area contributed by atoms with Gasteiger partial charge in [-0.2, -0.15) is 0 Å². The average Bonchev–Trinajstić information content (AvgIpc) is 2.31. The minimum Gasteiger partial charge on any atom is -0.788 e. The molecule has 0 amide bonds. The first-order chi connectivity index (χ1) is 7.68. The molecular weight excluding hydrogens is 239 g/mol. The van der Waals surface area contributed by atoms with Gasteiger partial charge in [-0.05, 0) is 12.1 Å². The molecule has 0 aliphatic heterocycles. The quantitative estimate of drug-likeness (QED) is 0.780. The van der Waals surface area contributed by atoms with Gasteiger partial charge in [0.1, 0.15) is 5.75 Å². The third kappa shape index (κ3) is 2.70. The Hall–Kier alpha value is -1.15. The second-order valence-electron chi connectivity index (χ2n) is 3.24. The lowest BCUT2D eigenvalue weighted by atomic mass is 10.3. The molecule has 1 unspecified atom stereocenters. The van der Waals surface area contributed by atoms with Crippen LogP contribution in [0.25, 0.3) is 0 Å². The molecule has 0 radical (unpaired) electrons. The molecule has 0 aliphatic carbocycles. The summed E-state index contributed by atoms with van der Waals surface area (Å²) in [4.78, 5) is 12.2. The molecule has 16 heavy (non-hydrogen) atoms. The third-order valence-corrected chi connectivity index (χ3v) is 4.28. The van der Waals surface area contributed by atoms with E-state index in [1.807, 2.05) is 24.3 Å². The van der Waals surface area contributed by atoms with Crippen molar-refractivity contribution in [2.24, 2.45) is 0 Å². The molecule has 0 spiro atoms. The summed E-state index contributed by atoms with van der Waals surface area (Å²) in [7, 11) is 0. The highest BCUT2D eigenvalue weighted by Gasteiger charge is 2.07. The zero-order chi connectivity index (χ0) is 11.4. The van der Waals surface area contributed by atoms with Crippen molar-refractivity contribution >= 4 is 23.6 Å². The summed E-state index contributed by atoms with van der Waals surface area (Å²) in [5.74, 6) is 0.532. The molecule has 2 nitrogen and oxygen atoms in total. The van der Waals surface area contributed by atoms with E-state index in [1.54, 1.807) is 36.4 Å². The van der Waals surface area contributed by atoms with Crippen LogP contribution in [0.3, 0.4) is 0 Å². The smallest absolute Gasteiger partial charge is 0.123 e. The summed E-state index contributed by atoms with van der Waals surface area (Å²) in [6.07, 6.45) is 0. The van der Waals surface area contributed by atoms with E-state index in [1.165, 1.54) is 0 Å². The maximum absolute atomic E-state index is 12.2. The van der Waals surface area contributed by atoms with Gasteiger partial charge < -0.3 is 9.42 Å². The van der Waals surface area contributed by atoms with E-state index >= 15 is 0 Å². The maximum atomic E-state index is 12.2. The topological polar surface area (TPSA) is 32.3 Å². The van der Waals surface area contributed by atoms with Gasteiger partial charge in [-0.3, -0.25) is 0 Å². The van der Waals surface area contributed by atoms with E-state index in [0.29, 0.717) is 11.1 Å². The van der Waals surface area contributed by atoms with Crippen LogP contribution in [-0.4, -0.2) is 0 Å². The molecule has 0 aliphatic rings. The van der Waals surface area contributed by atoms with E-state index in [2.05, 4.69) is 0 Å². The molecule has 0 N–H and O–H groups in total. The van der Waals surface area contributed by atoms with Gasteiger partial charge >= 0.3 is 0 Å². The first-order valence-corrected chi connectivity index (χ1v) is 7.43. The Bertz CT molecular complexity index is 499. The predicted molar refractivity (Wildman–Crippen MR) is 67.4 cm³/mol. The number of para-hydroxylation sites is 1. The minimum absolute atomic E-state index is 0.532. The molecule has 82 valence electrons. The Morgan fingerprint density at radius 2 is 1.38 bits per heavy atom. The Morgan fingerprint density at radius 3 is 1.94 bits per heavy atom. The molecule has 0 aromatic heterocycles. The summed E-state index contributed by atoms with van der Waals surface area (Å²) < 4.78 is 5.36. The van der Waals surface area contributed by atoms with Crippen molar-refractivity contribution in [2.75, 3.05) is 0 Å². The first-order valence-electron chi connectivity index (χ1n) is 4.80. The highest BCUT2D eigenvalue weighted by molar-refractivity contribution is 8.12. The normalized spacial score (nSPS) is 14.1. The molecule has 2 aromatic rings. The van der Waals surface area contributed by atoms with Crippen molar-refractivity contribution in [1.29, 1.82) is 0 Å². The van der Waals surface area contributed by atoms with Gasteiger partial charge in [0.15, 0.2) is 0 Å². The van der Waals surface area contributed by atoms with Crippen LogP contribution in [0.2, 0.25) is 0 Å². The molecule has 4 heteroatoms.